The minimum absolute atomic E-state index is 0.132. The number of nitrogens with one attached hydrogen (secondary N) is 1. The fourth-order valence-electron chi connectivity index (χ4n) is 2.71. The first kappa shape index (κ1) is 16.2. The lowest BCUT2D eigenvalue weighted by Gasteiger charge is -2.28. The highest BCUT2D eigenvalue weighted by atomic mass is 19.1. The lowest BCUT2D eigenvalue weighted by molar-refractivity contribution is 0.0685. The van der Waals surface area contributed by atoms with Gasteiger partial charge in [-0.25, -0.2) is 4.39 Å². The van der Waals surface area contributed by atoms with Crippen molar-refractivity contribution in [1.29, 1.82) is 0 Å². The van der Waals surface area contributed by atoms with E-state index in [-0.39, 0.29) is 5.82 Å². The molecule has 3 nitrogen and oxygen atoms in total. The molecule has 0 aromatic heterocycles. The average molecular weight is 294 g/mol. The van der Waals surface area contributed by atoms with Gasteiger partial charge in [-0.3, -0.25) is 0 Å². The van der Waals surface area contributed by atoms with Gasteiger partial charge in [-0.1, -0.05) is 19.9 Å². The van der Waals surface area contributed by atoms with Crippen LogP contribution in [0.3, 0.4) is 0 Å². The molecule has 118 valence electrons. The van der Waals surface area contributed by atoms with Gasteiger partial charge in [-0.2, -0.15) is 0 Å². The highest BCUT2D eigenvalue weighted by Crippen LogP contribution is 2.23. The van der Waals surface area contributed by atoms with Gasteiger partial charge < -0.3 is 15.0 Å². The van der Waals surface area contributed by atoms with E-state index in [1.807, 2.05) is 24.1 Å². The van der Waals surface area contributed by atoms with Crippen molar-refractivity contribution in [3.63, 3.8) is 0 Å². The van der Waals surface area contributed by atoms with Crippen LogP contribution in [0.4, 0.5) is 10.1 Å². The molecule has 1 saturated heterocycles. The Morgan fingerprint density at radius 1 is 1.33 bits per heavy atom. The van der Waals surface area contributed by atoms with E-state index in [0.29, 0.717) is 24.2 Å². The number of benzene rings is 1. The van der Waals surface area contributed by atoms with Gasteiger partial charge in [0.25, 0.3) is 0 Å². The molecule has 0 atom stereocenters. The number of rotatable bonds is 6. The predicted molar refractivity (Wildman–Crippen MR) is 85.2 cm³/mol. The first-order chi connectivity index (χ1) is 10.1. The van der Waals surface area contributed by atoms with Crippen LogP contribution in [0.25, 0.3) is 0 Å². The molecule has 1 aromatic carbocycles. The van der Waals surface area contributed by atoms with E-state index in [1.54, 1.807) is 6.07 Å². The maximum atomic E-state index is 14.3. The summed E-state index contributed by atoms with van der Waals surface area (Å²) in [5.41, 5.74) is 1.68. The lowest BCUT2D eigenvalue weighted by Crippen LogP contribution is -2.30. The monoisotopic (exact) mass is 294 g/mol. The first-order valence-electron chi connectivity index (χ1n) is 7.87. The van der Waals surface area contributed by atoms with Gasteiger partial charge in [0.05, 0.1) is 5.69 Å². The van der Waals surface area contributed by atoms with Crippen molar-refractivity contribution in [3.05, 3.63) is 29.6 Å². The van der Waals surface area contributed by atoms with Crippen LogP contribution >= 0.6 is 0 Å². The van der Waals surface area contributed by atoms with Crippen LogP contribution in [0.2, 0.25) is 0 Å². The summed E-state index contributed by atoms with van der Waals surface area (Å²) in [7, 11) is 1.97. The molecule has 0 saturated carbocycles. The molecule has 1 heterocycles. The van der Waals surface area contributed by atoms with Crippen molar-refractivity contribution >= 4 is 5.69 Å². The topological polar surface area (TPSA) is 24.5 Å². The van der Waals surface area contributed by atoms with Gasteiger partial charge in [-0.05, 0) is 36.5 Å². The lowest BCUT2D eigenvalue weighted by atomic mass is 9.99. The van der Waals surface area contributed by atoms with Crippen molar-refractivity contribution in [2.24, 2.45) is 5.92 Å². The van der Waals surface area contributed by atoms with E-state index in [2.05, 4.69) is 19.2 Å². The minimum Gasteiger partial charge on any atom is -0.381 e. The van der Waals surface area contributed by atoms with Gasteiger partial charge in [0, 0.05) is 39.4 Å². The van der Waals surface area contributed by atoms with E-state index in [9.17, 15) is 4.39 Å². The molecule has 0 bridgehead atoms. The summed E-state index contributed by atoms with van der Waals surface area (Å²) in [6.45, 7) is 7.45. The number of anilines is 1. The summed E-state index contributed by atoms with van der Waals surface area (Å²) < 4.78 is 19.7. The Bertz CT molecular complexity index is 444. The highest BCUT2D eigenvalue weighted by Gasteiger charge is 2.17. The van der Waals surface area contributed by atoms with E-state index in [1.165, 1.54) is 0 Å². The molecule has 4 heteroatoms. The molecular formula is C17H27FN2O. The smallest absolute Gasteiger partial charge is 0.146 e. The van der Waals surface area contributed by atoms with Gasteiger partial charge in [-0.15, -0.1) is 0 Å². The molecule has 1 N–H and O–H groups in total. The zero-order valence-corrected chi connectivity index (χ0v) is 13.4. The Morgan fingerprint density at radius 3 is 2.67 bits per heavy atom. The summed E-state index contributed by atoms with van der Waals surface area (Å²) in [6, 6.07) is 5.95. The van der Waals surface area contributed by atoms with Crippen molar-refractivity contribution in [2.45, 2.75) is 39.3 Å². The standard InChI is InChI=1S/C17H27FN2O/c1-13(2)19-11-15-4-5-17(16(18)10-15)20(3)12-14-6-8-21-9-7-14/h4-5,10,13-14,19H,6-9,11-12H2,1-3H3. The molecule has 1 aliphatic rings. The molecule has 0 radical (unpaired) electrons. The molecule has 0 amide bonds. The van der Waals surface area contributed by atoms with E-state index < -0.39 is 0 Å². The van der Waals surface area contributed by atoms with E-state index in [0.717, 1.165) is 38.2 Å². The fourth-order valence-corrected chi connectivity index (χ4v) is 2.71. The molecular weight excluding hydrogens is 267 g/mol. The van der Waals surface area contributed by atoms with Gasteiger partial charge in [0.15, 0.2) is 0 Å². The third kappa shape index (κ3) is 4.97. The van der Waals surface area contributed by atoms with E-state index >= 15 is 0 Å². The molecule has 21 heavy (non-hydrogen) atoms. The maximum Gasteiger partial charge on any atom is 0.146 e. The molecule has 0 aliphatic carbocycles. The molecule has 1 fully saturated rings. The summed E-state index contributed by atoms with van der Waals surface area (Å²) in [6.07, 6.45) is 2.14. The van der Waals surface area contributed by atoms with Crippen molar-refractivity contribution in [3.8, 4) is 0 Å². The van der Waals surface area contributed by atoms with Crippen molar-refractivity contribution in [1.82, 2.24) is 5.32 Å². The highest BCUT2D eigenvalue weighted by molar-refractivity contribution is 5.48. The maximum absolute atomic E-state index is 14.3. The fraction of sp³-hybridized carbons (Fsp3) is 0.647. The quantitative estimate of drug-likeness (QED) is 0.872. The summed E-state index contributed by atoms with van der Waals surface area (Å²) in [5.74, 6) is 0.470. The number of hydrogen-bond acceptors (Lipinski definition) is 3. The zero-order chi connectivity index (χ0) is 15.2. The van der Waals surface area contributed by atoms with Crippen LogP contribution in [0.5, 0.6) is 0 Å². The van der Waals surface area contributed by atoms with Gasteiger partial charge in [0.2, 0.25) is 0 Å². The van der Waals surface area contributed by atoms with Gasteiger partial charge in [0.1, 0.15) is 5.82 Å². The Hall–Kier alpha value is -1.13. The second-order valence-electron chi connectivity index (χ2n) is 6.26. The third-order valence-electron chi connectivity index (χ3n) is 4.01. The Balaban J connectivity index is 1.95. The molecule has 1 aliphatic heterocycles. The van der Waals surface area contributed by atoms with Crippen LogP contribution in [0, 0.1) is 11.7 Å². The molecule has 0 unspecified atom stereocenters. The summed E-state index contributed by atoms with van der Waals surface area (Å²) >= 11 is 0. The SMILES string of the molecule is CC(C)NCc1ccc(N(C)CC2CCOCC2)c(F)c1. The largest absolute Gasteiger partial charge is 0.381 e. The number of nitrogens with zero attached hydrogens (tertiary/aromatic N) is 1. The summed E-state index contributed by atoms with van der Waals surface area (Å²) in [5, 5.41) is 3.31. The molecule has 0 spiro atoms. The predicted octanol–water partition coefficient (Wildman–Crippen LogP) is 3.19. The molecule has 2 rings (SSSR count). The molecule has 1 aromatic rings. The normalized spacial score (nSPS) is 16.4. The van der Waals surface area contributed by atoms with Crippen molar-refractivity contribution in [2.75, 3.05) is 31.7 Å². The minimum atomic E-state index is -0.132. The van der Waals surface area contributed by atoms with Crippen molar-refractivity contribution < 1.29 is 9.13 Å². The third-order valence-corrected chi connectivity index (χ3v) is 4.01. The number of ether oxygens (including phenoxy) is 1. The van der Waals surface area contributed by atoms with Gasteiger partial charge >= 0.3 is 0 Å². The van der Waals surface area contributed by atoms with Crippen LogP contribution in [-0.4, -0.2) is 32.8 Å². The average Bonchev–Trinajstić information content (AvgIpc) is 2.46. The van der Waals surface area contributed by atoms with Crippen LogP contribution < -0.4 is 10.2 Å². The van der Waals surface area contributed by atoms with Crippen LogP contribution in [0.1, 0.15) is 32.3 Å². The second-order valence-corrected chi connectivity index (χ2v) is 6.26. The second kappa shape index (κ2) is 7.76. The number of hydrogen-bond donors (Lipinski definition) is 1. The Morgan fingerprint density at radius 2 is 2.05 bits per heavy atom. The Labute approximate surface area is 127 Å². The first-order valence-corrected chi connectivity index (χ1v) is 7.87. The van der Waals surface area contributed by atoms with Crippen LogP contribution in [-0.2, 0) is 11.3 Å². The van der Waals surface area contributed by atoms with Crippen LogP contribution in [0.15, 0.2) is 18.2 Å². The summed E-state index contributed by atoms with van der Waals surface area (Å²) in [4.78, 5) is 2.03. The van der Waals surface area contributed by atoms with E-state index in [4.69, 9.17) is 4.74 Å². The number of halogens is 1. The Kier molecular flexibility index (Phi) is 6.00. The zero-order valence-electron chi connectivity index (χ0n) is 13.4.